The first kappa shape index (κ1) is 11.4. The van der Waals surface area contributed by atoms with E-state index in [1.165, 1.54) is 11.8 Å². The Balaban J connectivity index is 1.88. The van der Waals surface area contributed by atoms with E-state index in [2.05, 4.69) is 26.9 Å². The maximum absolute atomic E-state index is 8.89. The van der Waals surface area contributed by atoms with Crippen molar-refractivity contribution < 1.29 is 0 Å². The Morgan fingerprint density at radius 2 is 2.50 bits per heavy atom. The summed E-state index contributed by atoms with van der Waals surface area (Å²) in [6.45, 7) is 2.79. The van der Waals surface area contributed by atoms with Gasteiger partial charge in [-0.3, -0.25) is 0 Å². The third-order valence-corrected chi connectivity index (χ3v) is 3.37. The van der Waals surface area contributed by atoms with Gasteiger partial charge in [0, 0.05) is 5.75 Å². The Morgan fingerprint density at radius 3 is 3.12 bits per heavy atom. The fourth-order valence-electron chi connectivity index (χ4n) is 1.37. The second-order valence-electron chi connectivity index (χ2n) is 3.69. The van der Waals surface area contributed by atoms with Crippen LogP contribution < -0.4 is 5.32 Å². The monoisotopic (exact) mass is 238 g/mol. The molecule has 1 atom stereocenters. The van der Waals surface area contributed by atoms with Crippen molar-refractivity contribution in [1.82, 2.24) is 25.5 Å². The molecule has 86 valence electrons. The van der Waals surface area contributed by atoms with Crippen LogP contribution in [0.1, 0.15) is 25.8 Å². The summed E-state index contributed by atoms with van der Waals surface area (Å²) in [5.41, 5.74) is 0. The van der Waals surface area contributed by atoms with Gasteiger partial charge in [-0.1, -0.05) is 18.7 Å². The van der Waals surface area contributed by atoms with Crippen LogP contribution in [0.5, 0.6) is 0 Å². The number of tetrazole rings is 1. The van der Waals surface area contributed by atoms with Crippen LogP contribution in [0.2, 0.25) is 0 Å². The minimum Gasteiger partial charge on any atom is -0.302 e. The molecule has 0 aliphatic heterocycles. The molecule has 1 N–H and O–H groups in total. The highest BCUT2D eigenvalue weighted by Crippen LogP contribution is 2.36. The lowest BCUT2D eigenvalue weighted by Gasteiger charge is -2.08. The van der Waals surface area contributed by atoms with Gasteiger partial charge < -0.3 is 5.32 Å². The molecule has 7 heteroatoms. The zero-order chi connectivity index (χ0) is 11.4. The Morgan fingerprint density at radius 1 is 1.69 bits per heavy atom. The highest BCUT2D eigenvalue weighted by molar-refractivity contribution is 7.99. The second kappa shape index (κ2) is 5.27. The van der Waals surface area contributed by atoms with Gasteiger partial charge in [0.15, 0.2) is 0 Å². The molecule has 6 nitrogen and oxygen atoms in total. The van der Waals surface area contributed by atoms with Gasteiger partial charge in [-0.15, -0.1) is 5.10 Å². The quantitative estimate of drug-likeness (QED) is 0.731. The van der Waals surface area contributed by atoms with Gasteiger partial charge in [-0.2, -0.15) is 5.26 Å². The molecule has 16 heavy (non-hydrogen) atoms. The number of thioether (sulfide) groups is 1. The van der Waals surface area contributed by atoms with Crippen LogP contribution in [-0.4, -0.2) is 38.5 Å². The van der Waals surface area contributed by atoms with E-state index >= 15 is 0 Å². The number of hydrogen-bond donors (Lipinski definition) is 1. The Bertz CT molecular complexity index is 380. The lowest BCUT2D eigenvalue weighted by molar-refractivity contribution is 0.564. The van der Waals surface area contributed by atoms with E-state index in [1.807, 2.05) is 11.6 Å². The second-order valence-corrected chi connectivity index (χ2v) is 4.67. The summed E-state index contributed by atoms with van der Waals surface area (Å²) < 4.78 is 1.87. The topological polar surface area (TPSA) is 79.4 Å². The summed E-state index contributed by atoms with van der Waals surface area (Å²) in [6, 6.07) is 2.56. The van der Waals surface area contributed by atoms with Gasteiger partial charge in [0.1, 0.15) is 6.04 Å². The number of nitriles is 1. The van der Waals surface area contributed by atoms with Crippen molar-refractivity contribution in [3.63, 3.8) is 0 Å². The lowest BCUT2D eigenvalue weighted by atomic mass is 10.4. The average Bonchev–Trinajstić information content (AvgIpc) is 3.04. The van der Waals surface area contributed by atoms with E-state index in [9.17, 15) is 0 Å². The third kappa shape index (κ3) is 2.71. The molecule has 1 heterocycles. The Hall–Kier alpha value is -1.13. The van der Waals surface area contributed by atoms with Gasteiger partial charge >= 0.3 is 0 Å². The zero-order valence-corrected chi connectivity index (χ0v) is 9.94. The minimum atomic E-state index is -0.139. The van der Waals surface area contributed by atoms with Crippen molar-refractivity contribution in [1.29, 1.82) is 5.26 Å². The van der Waals surface area contributed by atoms with Crippen molar-refractivity contribution in [3.8, 4) is 6.07 Å². The van der Waals surface area contributed by atoms with Crippen molar-refractivity contribution in [2.45, 2.75) is 37.0 Å². The molecule has 0 radical (unpaired) electrons. The predicted octanol–water partition coefficient (Wildman–Crippen LogP) is 0.602. The van der Waals surface area contributed by atoms with Crippen molar-refractivity contribution in [3.05, 3.63) is 0 Å². The molecule has 0 bridgehead atoms. The van der Waals surface area contributed by atoms with Gasteiger partial charge in [-0.05, 0) is 29.8 Å². The summed E-state index contributed by atoms with van der Waals surface area (Å²) in [7, 11) is 0. The molecule has 0 amide bonds. The number of nitrogens with one attached hydrogen (secondary N) is 1. The van der Waals surface area contributed by atoms with Crippen molar-refractivity contribution in [2.75, 3.05) is 12.3 Å². The third-order valence-electron chi connectivity index (χ3n) is 2.34. The normalized spacial score (nSPS) is 17.0. The van der Waals surface area contributed by atoms with Gasteiger partial charge in [0.2, 0.25) is 5.16 Å². The Kier molecular flexibility index (Phi) is 3.74. The maximum Gasteiger partial charge on any atom is 0.209 e. The molecule has 1 aromatic heterocycles. The maximum atomic E-state index is 8.89. The van der Waals surface area contributed by atoms with E-state index in [4.69, 9.17) is 5.26 Å². The van der Waals surface area contributed by atoms with E-state index < -0.39 is 0 Å². The van der Waals surface area contributed by atoms with Gasteiger partial charge in [-0.25, -0.2) is 4.68 Å². The molecule has 0 spiro atoms. The molecule has 1 aliphatic carbocycles. The van der Waals surface area contributed by atoms with E-state index in [0.717, 1.165) is 24.5 Å². The fraction of sp³-hybridized carbons (Fsp3) is 0.778. The van der Waals surface area contributed by atoms with Crippen LogP contribution in [0.3, 0.4) is 0 Å². The smallest absolute Gasteiger partial charge is 0.209 e. The highest BCUT2D eigenvalue weighted by Gasteiger charge is 2.28. The predicted molar refractivity (Wildman–Crippen MR) is 59.9 cm³/mol. The van der Waals surface area contributed by atoms with Crippen molar-refractivity contribution in [2.24, 2.45) is 0 Å². The molecular weight excluding hydrogens is 224 g/mol. The SMILES string of the molecule is CCNC(C#N)CSc1nnnn1C1CC1. The van der Waals surface area contributed by atoms with Crippen LogP contribution >= 0.6 is 11.8 Å². The molecule has 1 aromatic rings. The minimum absolute atomic E-state index is 0.139. The molecule has 1 unspecified atom stereocenters. The summed E-state index contributed by atoms with van der Waals surface area (Å²) in [4.78, 5) is 0. The number of rotatable bonds is 6. The lowest BCUT2D eigenvalue weighted by Crippen LogP contribution is -2.29. The first-order valence-corrected chi connectivity index (χ1v) is 6.37. The fourth-order valence-corrected chi connectivity index (χ4v) is 2.30. The summed E-state index contributed by atoms with van der Waals surface area (Å²) in [6.07, 6.45) is 2.32. The number of aromatic nitrogens is 4. The number of hydrogen-bond acceptors (Lipinski definition) is 6. The summed E-state index contributed by atoms with van der Waals surface area (Å²) >= 11 is 1.54. The van der Waals surface area contributed by atoms with E-state index in [0.29, 0.717) is 11.8 Å². The molecule has 1 fully saturated rings. The van der Waals surface area contributed by atoms with Crippen molar-refractivity contribution >= 4 is 11.8 Å². The van der Waals surface area contributed by atoms with Crippen LogP contribution in [0.15, 0.2) is 5.16 Å². The molecule has 1 aliphatic rings. The molecule has 2 rings (SSSR count). The molecule has 1 saturated carbocycles. The molecule has 0 saturated heterocycles. The molecular formula is C9H14N6S. The molecule has 0 aromatic carbocycles. The average molecular weight is 238 g/mol. The zero-order valence-electron chi connectivity index (χ0n) is 9.13. The first-order valence-electron chi connectivity index (χ1n) is 5.38. The van der Waals surface area contributed by atoms with Gasteiger partial charge in [0.25, 0.3) is 0 Å². The summed E-state index contributed by atoms with van der Waals surface area (Å²) in [5.74, 6) is 0.678. The van der Waals surface area contributed by atoms with Crippen LogP contribution in [0.25, 0.3) is 0 Å². The van der Waals surface area contributed by atoms with E-state index in [1.54, 1.807) is 0 Å². The largest absolute Gasteiger partial charge is 0.302 e. The number of nitrogens with zero attached hydrogens (tertiary/aromatic N) is 5. The van der Waals surface area contributed by atoms with Crippen LogP contribution in [0.4, 0.5) is 0 Å². The first-order chi connectivity index (χ1) is 7.85. The van der Waals surface area contributed by atoms with Gasteiger partial charge in [0.05, 0.1) is 12.1 Å². The summed E-state index contributed by atoms with van der Waals surface area (Å²) in [5, 5.41) is 24.4. The Labute approximate surface area is 98.4 Å². The van der Waals surface area contributed by atoms with Crippen LogP contribution in [-0.2, 0) is 0 Å². The highest BCUT2D eigenvalue weighted by atomic mass is 32.2. The standard InChI is InChI=1S/C9H14N6S/c1-2-11-7(5-10)6-16-9-12-13-14-15(9)8-3-4-8/h7-8,11H,2-4,6H2,1H3. The van der Waals surface area contributed by atoms with E-state index in [-0.39, 0.29) is 6.04 Å². The van der Waals surface area contributed by atoms with Crippen LogP contribution in [0, 0.1) is 11.3 Å².